The highest BCUT2D eigenvalue weighted by Gasteiger charge is 2.03. The van der Waals surface area contributed by atoms with E-state index in [1.54, 1.807) is 13.0 Å². The highest BCUT2D eigenvalue weighted by atomic mass is 19.1. The lowest BCUT2D eigenvalue weighted by Gasteiger charge is -2.10. The Morgan fingerprint density at radius 3 is 2.75 bits per heavy atom. The predicted molar refractivity (Wildman–Crippen MR) is 39.2 cm³/mol. The summed E-state index contributed by atoms with van der Waals surface area (Å²) in [6, 6.07) is 1.84. The van der Waals surface area contributed by atoms with Gasteiger partial charge in [0.05, 0.1) is 0 Å². The Kier molecular flexibility index (Phi) is 3.40. The van der Waals surface area contributed by atoms with Gasteiger partial charge in [-0.25, -0.2) is 14.4 Å². The first-order valence-electron chi connectivity index (χ1n) is 3.44. The highest BCUT2D eigenvalue weighted by Crippen LogP contribution is 2.02. The minimum atomic E-state index is -0.881. The molecule has 0 aliphatic carbocycles. The Morgan fingerprint density at radius 2 is 2.17 bits per heavy atom. The molecule has 0 amide bonds. The van der Waals surface area contributed by atoms with Gasteiger partial charge in [0, 0.05) is 12.4 Å². The summed E-state index contributed by atoms with van der Waals surface area (Å²) >= 11 is 0. The molecule has 1 aromatic heterocycles. The van der Waals surface area contributed by atoms with Crippen LogP contribution >= 0.6 is 0 Å². The molecule has 66 valence electrons. The Balaban J connectivity index is 2.41. The topological polar surface area (TPSA) is 44.2 Å². The van der Waals surface area contributed by atoms with E-state index >= 15 is 0 Å². The SMILES string of the molecule is CC(OCF)Oc1ncccn1. The number of hydrogen-bond donors (Lipinski definition) is 0. The van der Waals surface area contributed by atoms with Gasteiger partial charge in [-0.15, -0.1) is 0 Å². The zero-order chi connectivity index (χ0) is 8.81. The van der Waals surface area contributed by atoms with Crippen molar-refractivity contribution >= 4 is 0 Å². The van der Waals surface area contributed by atoms with Crippen molar-refractivity contribution in [3.63, 3.8) is 0 Å². The molecule has 1 unspecified atom stereocenters. The molecule has 0 aliphatic heterocycles. The van der Waals surface area contributed by atoms with E-state index in [1.807, 2.05) is 0 Å². The van der Waals surface area contributed by atoms with Gasteiger partial charge in [0.15, 0.2) is 6.86 Å². The molecule has 1 heterocycles. The van der Waals surface area contributed by atoms with Crippen molar-refractivity contribution < 1.29 is 13.9 Å². The quantitative estimate of drug-likeness (QED) is 0.639. The van der Waals surface area contributed by atoms with Gasteiger partial charge in [-0.1, -0.05) is 0 Å². The highest BCUT2D eigenvalue weighted by molar-refractivity contribution is 4.93. The summed E-state index contributed by atoms with van der Waals surface area (Å²) in [6.45, 7) is 0.684. The molecular formula is C7H9FN2O2. The fourth-order valence-corrected chi connectivity index (χ4v) is 0.617. The van der Waals surface area contributed by atoms with Crippen LogP contribution in [0.15, 0.2) is 18.5 Å². The Morgan fingerprint density at radius 1 is 1.50 bits per heavy atom. The van der Waals surface area contributed by atoms with Gasteiger partial charge in [-0.05, 0) is 13.0 Å². The third kappa shape index (κ3) is 2.79. The van der Waals surface area contributed by atoms with E-state index in [2.05, 4.69) is 14.7 Å². The van der Waals surface area contributed by atoms with Crippen molar-refractivity contribution in [2.75, 3.05) is 6.86 Å². The molecule has 12 heavy (non-hydrogen) atoms. The summed E-state index contributed by atoms with van der Waals surface area (Å²) in [5.41, 5.74) is 0. The Labute approximate surface area is 69.4 Å². The number of aromatic nitrogens is 2. The molecule has 4 nitrogen and oxygen atoms in total. The standard InChI is InChI=1S/C7H9FN2O2/c1-6(11-5-8)12-7-9-3-2-4-10-7/h2-4,6H,5H2,1H3. The maximum Gasteiger partial charge on any atom is 0.318 e. The monoisotopic (exact) mass is 172 g/mol. The molecule has 0 saturated heterocycles. The second-order valence-electron chi connectivity index (χ2n) is 1.99. The minimum Gasteiger partial charge on any atom is -0.434 e. The van der Waals surface area contributed by atoms with Crippen LogP contribution in [0, 0.1) is 0 Å². The largest absolute Gasteiger partial charge is 0.434 e. The lowest BCUT2D eigenvalue weighted by atomic mass is 10.7. The number of alkyl halides is 1. The Bertz CT molecular complexity index is 220. The van der Waals surface area contributed by atoms with Gasteiger partial charge >= 0.3 is 6.01 Å². The van der Waals surface area contributed by atoms with E-state index < -0.39 is 13.2 Å². The van der Waals surface area contributed by atoms with E-state index in [4.69, 9.17) is 4.74 Å². The van der Waals surface area contributed by atoms with E-state index in [1.165, 1.54) is 12.4 Å². The van der Waals surface area contributed by atoms with Crippen LogP contribution in [-0.4, -0.2) is 23.1 Å². The van der Waals surface area contributed by atoms with Crippen molar-refractivity contribution in [3.8, 4) is 6.01 Å². The van der Waals surface area contributed by atoms with Gasteiger partial charge in [0.1, 0.15) is 0 Å². The normalized spacial score (nSPS) is 12.5. The fraction of sp³-hybridized carbons (Fsp3) is 0.429. The van der Waals surface area contributed by atoms with E-state index in [9.17, 15) is 4.39 Å². The summed E-state index contributed by atoms with van der Waals surface area (Å²) in [6.07, 6.45) is 2.40. The predicted octanol–water partition coefficient (Wildman–Crippen LogP) is 1.15. The summed E-state index contributed by atoms with van der Waals surface area (Å²) in [4.78, 5) is 7.53. The first-order valence-corrected chi connectivity index (χ1v) is 3.44. The molecule has 0 bridgehead atoms. The van der Waals surface area contributed by atoms with E-state index in [0.717, 1.165) is 0 Å². The molecule has 0 saturated carbocycles. The molecule has 0 N–H and O–H groups in total. The van der Waals surface area contributed by atoms with Gasteiger partial charge < -0.3 is 9.47 Å². The molecule has 0 aliphatic rings. The van der Waals surface area contributed by atoms with Crippen molar-refractivity contribution in [2.24, 2.45) is 0 Å². The van der Waals surface area contributed by atoms with Crippen LogP contribution in [0.3, 0.4) is 0 Å². The van der Waals surface area contributed by atoms with Gasteiger partial charge in [0.2, 0.25) is 6.29 Å². The number of hydrogen-bond acceptors (Lipinski definition) is 4. The average molecular weight is 172 g/mol. The van der Waals surface area contributed by atoms with Crippen LogP contribution in [0.4, 0.5) is 4.39 Å². The molecule has 1 atom stereocenters. The molecule has 0 radical (unpaired) electrons. The lowest BCUT2D eigenvalue weighted by Crippen LogP contribution is -2.16. The molecular weight excluding hydrogens is 163 g/mol. The van der Waals surface area contributed by atoms with Gasteiger partial charge in [0.25, 0.3) is 0 Å². The fourth-order valence-electron chi connectivity index (χ4n) is 0.617. The van der Waals surface area contributed by atoms with Crippen LogP contribution < -0.4 is 4.74 Å². The number of ether oxygens (including phenoxy) is 2. The zero-order valence-electron chi connectivity index (χ0n) is 6.61. The van der Waals surface area contributed by atoms with Crippen LogP contribution in [0.25, 0.3) is 0 Å². The summed E-state index contributed by atoms with van der Waals surface area (Å²) in [7, 11) is 0. The first kappa shape index (κ1) is 8.86. The lowest BCUT2D eigenvalue weighted by molar-refractivity contribution is -0.103. The van der Waals surface area contributed by atoms with Crippen LogP contribution in [0.2, 0.25) is 0 Å². The molecule has 1 rings (SSSR count). The molecule has 0 aromatic carbocycles. The molecule has 1 aromatic rings. The molecule has 0 spiro atoms. The maximum absolute atomic E-state index is 11.6. The van der Waals surface area contributed by atoms with Gasteiger partial charge in [-0.3, -0.25) is 0 Å². The average Bonchev–Trinajstić information content (AvgIpc) is 2.06. The zero-order valence-corrected chi connectivity index (χ0v) is 6.61. The van der Waals surface area contributed by atoms with E-state index in [0.29, 0.717) is 0 Å². The third-order valence-electron chi connectivity index (χ3n) is 1.11. The van der Waals surface area contributed by atoms with Crippen LogP contribution in [0.1, 0.15) is 6.92 Å². The van der Waals surface area contributed by atoms with Crippen LogP contribution in [-0.2, 0) is 4.74 Å². The number of rotatable bonds is 4. The third-order valence-corrected chi connectivity index (χ3v) is 1.11. The minimum absolute atomic E-state index is 0.179. The van der Waals surface area contributed by atoms with Gasteiger partial charge in [-0.2, -0.15) is 0 Å². The molecule has 0 fully saturated rings. The van der Waals surface area contributed by atoms with Crippen molar-refractivity contribution in [3.05, 3.63) is 18.5 Å². The number of halogens is 1. The second kappa shape index (κ2) is 4.61. The van der Waals surface area contributed by atoms with Crippen molar-refractivity contribution in [1.82, 2.24) is 9.97 Å². The van der Waals surface area contributed by atoms with Crippen molar-refractivity contribution in [2.45, 2.75) is 13.2 Å². The smallest absolute Gasteiger partial charge is 0.318 e. The maximum atomic E-state index is 11.6. The Hall–Kier alpha value is -1.23. The second-order valence-corrected chi connectivity index (χ2v) is 1.99. The van der Waals surface area contributed by atoms with E-state index in [-0.39, 0.29) is 6.01 Å². The van der Waals surface area contributed by atoms with Crippen LogP contribution in [0.5, 0.6) is 6.01 Å². The first-order chi connectivity index (χ1) is 5.83. The summed E-state index contributed by atoms with van der Waals surface area (Å²) in [5.74, 6) is 0. The summed E-state index contributed by atoms with van der Waals surface area (Å²) < 4.78 is 21.1. The van der Waals surface area contributed by atoms with Crippen molar-refractivity contribution in [1.29, 1.82) is 0 Å². The molecule has 5 heteroatoms. The summed E-state index contributed by atoms with van der Waals surface area (Å²) in [5, 5.41) is 0. The number of nitrogens with zero attached hydrogens (tertiary/aromatic N) is 2.